The van der Waals surface area contributed by atoms with Crippen molar-refractivity contribution in [3.63, 3.8) is 0 Å². The van der Waals surface area contributed by atoms with Crippen LogP contribution in [-0.2, 0) is 16.4 Å². The van der Waals surface area contributed by atoms with Gasteiger partial charge in [0.05, 0.1) is 10.6 Å². The molecule has 0 aliphatic carbocycles. The lowest BCUT2D eigenvalue weighted by atomic mass is 10.1. The highest BCUT2D eigenvalue weighted by Crippen LogP contribution is 2.22. The van der Waals surface area contributed by atoms with Crippen LogP contribution in [0.2, 0.25) is 0 Å². The number of rotatable bonds is 5. The van der Waals surface area contributed by atoms with E-state index >= 15 is 0 Å². The third-order valence-corrected chi connectivity index (χ3v) is 5.00. The Kier molecular flexibility index (Phi) is 4.68. The van der Waals surface area contributed by atoms with Gasteiger partial charge in [-0.15, -0.1) is 0 Å². The van der Waals surface area contributed by atoms with Crippen LogP contribution in [-0.4, -0.2) is 8.42 Å². The van der Waals surface area contributed by atoms with Crippen LogP contribution >= 0.6 is 0 Å². The first-order valence-electron chi connectivity index (χ1n) is 7.12. The van der Waals surface area contributed by atoms with Crippen LogP contribution in [0.5, 0.6) is 0 Å². The SMILES string of the molecule is CCCc1ccc(S(=O)(=O)Nc2cccc(C)c2C)cc1. The summed E-state index contributed by atoms with van der Waals surface area (Å²) in [4.78, 5) is 0.295. The molecule has 112 valence electrons. The number of anilines is 1. The zero-order valence-electron chi connectivity index (χ0n) is 12.7. The van der Waals surface area contributed by atoms with Crippen molar-refractivity contribution in [1.82, 2.24) is 0 Å². The molecule has 3 nitrogen and oxygen atoms in total. The molecule has 2 aromatic carbocycles. The predicted molar refractivity (Wildman–Crippen MR) is 87.2 cm³/mol. The Labute approximate surface area is 127 Å². The lowest BCUT2D eigenvalue weighted by molar-refractivity contribution is 0.601. The van der Waals surface area contributed by atoms with Crippen LogP contribution in [0.1, 0.15) is 30.0 Å². The van der Waals surface area contributed by atoms with Gasteiger partial charge in [-0.3, -0.25) is 4.72 Å². The Balaban J connectivity index is 2.27. The van der Waals surface area contributed by atoms with Crippen molar-refractivity contribution in [2.45, 2.75) is 38.5 Å². The van der Waals surface area contributed by atoms with Gasteiger partial charge in [-0.1, -0.05) is 37.6 Å². The Morgan fingerprint density at radius 1 is 1.00 bits per heavy atom. The molecule has 0 saturated heterocycles. The summed E-state index contributed by atoms with van der Waals surface area (Å²) >= 11 is 0. The van der Waals surface area contributed by atoms with E-state index in [4.69, 9.17) is 0 Å². The number of aryl methyl sites for hydroxylation is 2. The molecule has 0 radical (unpaired) electrons. The summed E-state index contributed by atoms with van der Waals surface area (Å²) in [5.74, 6) is 0. The first-order chi connectivity index (χ1) is 9.94. The van der Waals surface area contributed by atoms with Crippen LogP contribution in [0.25, 0.3) is 0 Å². The summed E-state index contributed by atoms with van der Waals surface area (Å²) in [6.45, 7) is 5.98. The largest absolute Gasteiger partial charge is 0.279 e. The Morgan fingerprint density at radius 3 is 2.29 bits per heavy atom. The van der Waals surface area contributed by atoms with Gasteiger partial charge in [0.25, 0.3) is 10.0 Å². The second-order valence-electron chi connectivity index (χ2n) is 5.25. The summed E-state index contributed by atoms with van der Waals surface area (Å²) < 4.78 is 27.5. The van der Waals surface area contributed by atoms with Crippen LogP contribution in [0.3, 0.4) is 0 Å². The normalized spacial score (nSPS) is 11.4. The maximum Gasteiger partial charge on any atom is 0.261 e. The van der Waals surface area contributed by atoms with Gasteiger partial charge in [0.2, 0.25) is 0 Å². The summed E-state index contributed by atoms with van der Waals surface area (Å²) in [6, 6.07) is 12.7. The molecule has 0 amide bonds. The summed E-state index contributed by atoms with van der Waals surface area (Å²) in [5.41, 5.74) is 3.80. The van der Waals surface area contributed by atoms with E-state index in [1.165, 1.54) is 0 Å². The maximum atomic E-state index is 12.4. The molecule has 2 aromatic rings. The van der Waals surface area contributed by atoms with Gasteiger partial charge in [-0.05, 0) is 55.2 Å². The standard InChI is InChI=1S/C17H21NO2S/c1-4-6-15-9-11-16(12-10-15)21(19,20)18-17-8-5-7-13(2)14(17)3/h5,7-12,18H,4,6H2,1-3H3. The van der Waals surface area contributed by atoms with Crippen molar-refractivity contribution in [2.75, 3.05) is 4.72 Å². The number of sulfonamides is 1. The number of hydrogen-bond acceptors (Lipinski definition) is 2. The topological polar surface area (TPSA) is 46.2 Å². The molecule has 0 fully saturated rings. The fourth-order valence-electron chi connectivity index (χ4n) is 2.19. The van der Waals surface area contributed by atoms with Gasteiger partial charge in [0.1, 0.15) is 0 Å². The molecular weight excluding hydrogens is 282 g/mol. The highest BCUT2D eigenvalue weighted by Gasteiger charge is 2.15. The van der Waals surface area contributed by atoms with Crippen molar-refractivity contribution < 1.29 is 8.42 Å². The van der Waals surface area contributed by atoms with Gasteiger partial charge in [0.15, 0.2) is 0 Å². The third-order valence-electron chi connectivity index (χ3n) is 3.62. The molecule has 21 heavy (non-hydrogen) atoms. The molecule has 0 aromatic heterocycles. The zero-order valence-corrected chi connectivity index (χ0v) is 13.5. The Hall–Kier alpha value is -1.81. The first kappa shape index (κ1) is 15.6. The van der Waals surface area contributed by atoms with Gasteiger partial charge in [0, 0.05) is 0 Å². The quantitative estimate of drug-likeness (QED) is 0.905. The molecule has 0 heterocycles. The summed E-state index contributed by atoms with van der Waals surface area (Å²) in [7, 11) is -3.53. The van der Waals surface area contributed by atoms with E-state index in [0.29, 0.717) is 10.6 Å². The van der Waals surface area contributed by atoms with E-state index in [1.807, 2.05) is 38.1 Å². The molecule has 0 saturated carbocycles. The lowest BCUT2D eigenvalue weighted by Crippen LogP contribution is -2.14. The van der Waals surface area contributed by atoms with Crippen molar-refractivity contribution >= 4 is 15.7 Å². The minimum absolute atomic E-state index is 0.295. The van der Waals surface area contributed by atoms with Crippen molar-refractivity contribution in [3.8, 4) is 0 Å². The molecule has 0 spiro atoms. The van der Waals surface area contributed by atoms with Crippen molar-refractivity contribution in [2.24, 2.45) is 0 Å². The monoisotopic (exact) mass is 303 g/mol. The molecule has 0 unspecified atom stereocenters. The summed E-state index contributed by atoms with van der Waals surface area (Å²) in [6.07, 6.45) is 2.01. The van der Waals surface area contributed by atoms with E-state index in [-0.39, 0.29) is 0 Å². The molecule has 0 atom stereocenters. The van der Waals surface area contributed by atoms with Gasteiger partial charge >= 0.3 is 0 Å². The average Bonchev–Trinajstić information content (AvgIpc) is 2.45. The van der Waals surface area contributed by atoms with E-state index in [9.17, 15) is 8.42 Å². The Bertz CT molecular complexity index is 719. The molecule has 0 bridgehead atoms. The van der Waals surface area contributed by atoms with Gasteiger partial charge in [-0.2, -0.15) is 0 Å². The van der Waals surface area contributed by atoms with Crippen LogP contribution < -0.4 is 4.72 Å². The molecule has 2 rings (SSSR count). The first-order valence-corrected chi connectivity index (χ1v) is 8.60. The summed E-state index contributed by atoms with van der Waals surface area (Å²) in [5, 5.41) is 0. The highest BCUT2D eigenvalue weighted by atomic mass is 32.2. The highest BCUT2D eigenvalue weighted by molar-refractivity contribution is 7.92. The molecule has 0 aliphatic heterocycles. The van der Waals surface area contributed by atoms with Crippen LogP contribution in [0, 0.1) is 13.8 Å². The average molecular weight is 303 g/mol. The minimum Gasteiger partial charge on any atom is -0.279 e. The van der Waals surface area contributed by atoms with E-state index in [2.05, 4.69) is 11.6 Å². The van der Waals surface area contributed by atoms with Crippen LogP contribution in [0.4, 0.5) is 5.69 Å². The van der Waals surface area contributed by atoms with Gasteiger partial charge in [-0.25, -0.2) is 8.42 Å². The number of benzene rings is 2. The minimum atomic E-state index is -3.53. The van der Waals surface area contributed by atoms with Crippen LogP contribution in [0.15, 0.2) is 47.4 Å². The second kappa shape index (κ2) is 6.31. The smallest absolute Gasteiger partial charge is 0.261 e. The molecule has 1 N–H and O–H groups in total. The van der Waals surface area contributed by atoms with Crippen molar-refractivity contribution in [1.29, 1.82) is 0 Å². The fraction of sp³-hybridized carbons (Fsp3) is 0.294. The molecular formula is C17H21NO2S. The lowest BCUT2D eigenvalue weighted by Gasteiger charge is -2.12. The van der Waals surface area contributed by atoms with Gasteiger partial charge < -0.3 is 0 Å². The number of hydrogen-bond donors (Lipinski definition) is 1. The maximum absolute atomic E-state index is 12.4. The number of nitrogens with one attached hydrogen (secondary N) is 1. The van der Waals surface area contributed by atoms with E-state index in [1.54, 1.807) is 18.2 Å². The molecule has 4 heteroatoms. The molecule has 0 aliphatic rings. The second-order valence-corrected chi connectivity index (χ2v) is 6.93. The van der Waals surface area contributed by atoms with Crippen molar-refractivity contribution in [3.05, 3.63) is 59.2 Å². The zero-order chi connectivity index (χ0) is 15.5. The third kappa shape index (κ3) is 3.64. The predicted octanol–water partition coefficient (Wildman–Crippen LogP) is 4.06. The van der Waals surface area contributed by atoms with E-state index < -0.39 is 10.0 Å². The fourth-order valence-corrected chi connectivity index (χ4v) is 3.31. The van der Waals surface area contributed by atoms with E-state index in [0.717, 1.165) is 29.5 Å². The Morgan fingerprint density at radius 2 is 1.67 bits per heavy atom.